The highest BCUT2D eigenvalue weighted by molar-refractivity contribution is 6.00. The van der Waals surface area contributed by atoms with Crippen LogP contribution in [0.4, 0.5) is 22.0 Å². The highest BCUT2D eigenvalue weighted by atomic mass is 19.3. The summed E-state index contributed by atoms with van der Waals surface area (Å²) in [5, 5.41) is 3.84. The molecule has 2 aromatic heterocycles. The number of halogens is 5. The molecule has 1 aliphatic rings. The molecule has 0 radical (unpaired) electrons. The van der Waals surface area contributed by atoms with Gasteiger partial charge in [0, 0.05) is 43.0 Å². The molecule has 3 aromatic rings. The number of nitrogens with zero attached hydrogens (tertiary/aromatic N) is 4. The molecule has 6 nitrogen and oxygen atoms in total. The Bertz CT molecular complexity index is 1200. The van der Waals surface area contributed by atoms with Crippen LogP contribution in [0.15, 0.2) is 42.9 Å². The third kappa shape index (κ3) is 5.02. The van der Waals surface area contributed by atoms with Crippen LogP contribution < -0.4 is 4.74 Å². The molecule has 0 bridgehead atoms. The minimum absolute atomic E-state index is 0.0607. The van der Waals surface area contributed by atoms with Crippen LogP contribution in [0, 0.1) is 5.82 Å². The SMILES string of the molecule is CCC(F)(F)COc1nccc2c1C(=O)N(Cc1ccc(-c3cnn(CC(F)F)c3)cc1F)C2. The third-order valence-electron chi connectivity index (χ3n) is 5.51. The zero-order valence-electron chi connectivity index (χ0n) is 18.1. The maximum atomic E-state index is 14.8. The molecule has 1 aliphatic heterocycles. The summed E-state index contributed by atoms with van der Waals surface area (Å²) in [4.78, 5) is 18.2. The van der Waals surface area contributed by atoms with E-state index in [0.717, 1.165) is 4.68 Å². The first kappa shape index (κ1) is 23.7. The summed E-state index contributed by atoms with van der Waals surface area (Å²) in [5.41, 5.74) is 1.82. The number of amides is 1. The maximum absolute atomic E-state index is 14.8. The standard InChI is InChI=1S/C23H21F5N4O2/c1-2-23(27,28)13-34-21-20-16(5-6-29-21)10-31(22(20)33)9-15-4-3-14(7-18(15)24)17-8-30-32(11-17)12-19(25)26/h3-8,11,19H,2,9-10,12-13H2,1H3. The van der Waals surface area contributed by atoms with Crippen LogP contribution in [-0.2, 0) is 19.6 Å². The number of rotatable bonds is 9. The smallest absolute Gasteiger partial charge is 0.281 e. The van der Waals surface area contributed by atoms with Gasteiger partial charge in [0.05, 0.1) is 6.20 Å². The second kappa shape index (κ2) is 9.40. The minimum Gasteiger partial charge on any atom is -0.471 e. The number of benzene rings is 1. The van der Waals surface area contributed by atoms with Crippen molar-refractivity contribution in [3.63, 3.8) is 0 Å². The van der Waals surface area contributed by atoms with Crippen molar-refractivity contribution in [2.45, 2.75) is 45.3 Å². The zero-order valence-corrected chi connectivity index (χ0v) is 18.1. The lowest BCUT2D eigenvalue weighted by atomic mass is 10.1. The monoisotopic (exact) mass is 480 g/mol. The third-order valence-corrected chi connectivity index (χ3v) is 5.51. The number of aromatic nitrogens is 3. The van der Waals surface area contributed by atoms with E-state index in [1.54, 1.807) is 12.1 Å². The van der Waals surface area contributed by atoms with E-state index in [0.29, 0.717) is 16.7 Å². The molecule has 0 spiro atoms. The van der Waals surface area contributed by atoms with Crippen LogP contribution in [0.25, 0.3) is 11.1 Å². The summed E-state index contributed by atoms with van der Waals surface area (Å²) in [7, 11) is 0. The predicted molar refractivity (Wildman–Crippen MR) is 112 cm³/mol. The van der Waals surface area contributed by atoms with Gasteiger partial charge in [-0.1, -0.05) is 19.1 Å². The normalized spacial score (nSPS) is 13.6. The Morgan fingerprint density at radius 1 is 1.21 bits per heavy atom. The first-order valence-electron chi connectivity index (χ1n) is 10.5. The molecule has 180 valence electrons. The van der Waals surface area contributed by atoms with E-state index in [2.05, 4.69) is 10.1 Å². The van der Waals surface area contributed by atoms with Gasteiger partial charge >= 0.3 is 0 Å². The number of hydrogen-bond donors (Lipinski definition) is 0. The lowest BCUT2D eigenvalue weighted by molar-refractivity contribution is -0.0449. The number of alkyl halides is 4. The Balaban J connectivity index is 1.48. The summed E-state index contributed by atoms with van der Waals surface area (Å²) in [6.45, 7) is -0.0406. The molecule has 1 amide bonds. The van der Waals surface area contributed by atoms with Gasteiger partial charge in [-0.15, -0.1) is 0 Å². The fourth-order valence-corrected chi connectivity index (χ4v) is 3.60. The summed E-state index contributed by atoms with van der Waals surface area (Å²) in [5.74, 6) is -4.29. The number of ether oxygens (including phenoxy) is 1. The van der Waals surface area contributed by atoms with Crippen LogP contribution in [0.2, 0.25) is 0 Å². The van der Waals surface area contributed by atoms with Crippen molar-refractivity contribution in [2.75, 3.05) is 6.61 Å². The average molecular weight is 480 g/mol. The molecule has 0 saturated carbocycles. The van der Waals surface area contributed by atoms with Crippen molar-refractivity contribution >= 4 is 5.91 Å². The summed E-state index contributed by atoms with van der Waals surface area (Å²) < 4.78 is 73.2. The van der Waals surface area contributed by atoms with Crippen molar-refractivity contribution in [1.82, 2.24) is 19.7 Å². The lowest BCUT2D eigenvalue weighted by Gasteiger charge is -2.17. The molecule has 0 unspecified atom stereocenters. The highest BCUT2D eigenvalue weighted by Crippen LogP contribution is 2.32. The van der Waals surface area contributed by atoms with E-state index in [4.69, 9.17) is 4.74 Å². The topological polar surface area (TPSA) is 60.2 Å². The number of fused-ring (bicyclic) bond motifs is 1. The van der Waals surface area contributed by atoms with Crippen LogP contribution in [0.5, 0.6) is 5.88 Å². The fraction of sp³-hybridized carbons (Fsp3) is 0.348. The largest absolute Gasteiger partial charge is 0.471 e. The van der Waals surface area contributed by atoms with E-state index < -0.39 is 43.6 Å². The molecule has 1 aromatic carbocycles. The predicted octanol–water partition coefficient (Wildman–Crippen LogP) is 4.93. The molecule has 4 rings (SSSR count). The van der Waals surface area contributed by atoms with Crippen molar-refractivity contribution < 1.29 is 31.5 Å². The Morgan fingerprint density at radius 2 is 2.00 bits per heavy atom. The second-order valence-corrected chi connectivity index (χ2v) is 7.96. The molecular weight excluding hydrogens is 459 g/mol. The van der Waals surface area contributed by atoms with Gasteiger partial charge in [-0.25, -0.2) is 26.9 Å². The highest BCUT2D eigenvalue weighted by Gasteiger charge is 2.34. The Kier molecular flexibility index (Phi) is 6.54. The van der Waals surface area contributed by atoms with Crippen LogP contribution in [-0.4, -0.2) is 44.5 Å². The quantitative estimate of drug-likeness (QED) is 0.408. The van der Waals surface area contributed by atoms with Crippen LogP contribution in [0.1, 0.15) is 34.8 Å². The molecule has 0 saturated heterocycles. The molecule has 0 N–H and O–H groups in total. The van der Waals surface area contributed by atoms with Crippen LogP contribution >= 0.6 is 0 Å². The number of carbonyl (C=O) groups is 1. The van der Waals surface area contributed by atoms with E-state index in [9.17, 15) is 26.7 Å². The molecule has 0 aliphatic carbocycles. The molecule has 3 heterocycles. The van der Waals surface area contributed by atoms with Crippen molar-refractivity contribution in [1.29, 1.82) is 0 Å². The van der Waals surface area contributed by atoms with Crippen molar-refractivity contribution in [2.24, 2.45) is 0 Å². The van der Waals surface area contributed by atoms with Gasteiger partial charge in [0.1, 0.15) is 17.9 Å². The Morgan fingerprint density at radius 3 is 2.71 bits per heavy atom. The van der Waals surface area contributed by atoms with E-state index in [1.165, 1.54) is 42.5 Å². The first-order valence-corrected chi connectivity index (χ1v) is 10.5. The Hall–Kier alpha value is -3.50. The van der Waals surface area contributed by atoms with Gasteiger partial charge in [-0.05, 0) is 23.3 Å². The van der Waals surface area contributed by atoms with E-state index in [-0.39, 0.29) is 30.1 Å². The fourth-order valence-electron chi connectivity index (χ4n) is 3.60. The summed E-state index contributed by atoms with van der Waals surface area (Å²) in [6, 6.07) is 5.95. The van der Waals surface area contributed by atoms with Crippen molar-refractivity contribution in [3.05, 3.63) is 65.4 Å². The average Bonchev–Trinajstić information content (AvgIpc) is 3.38. The zero-order chi connectivity index (χ0) is 24.5. The van der Waals surface area contributed by atoms with E-state index >= 15 is 0 Å². The van der Waals surface area contributed by atoms with Gasteiger partial charge in [-0.2, -0.15) is 5.10 Å². The van der Waals surface area contributed by atoms with E-state index in [1.807, 2.05) is 0 Å². The maximum Gasteiger partial charge on any atom is 0.281 e. The minimum atomic E-state index is -3.05. The molecule has 11 heteroatoms. The lowest BCUT2D eigenvalue weighted by Crippen LogP contribution is -2.26. The molecule has 0 fully saturated rings. The number of hydrogen-bond acceptors (Lipinski definition) is 4. The first-order chi connectivity index (χ1) is 16.2. The second-order valence-electron chi connectivity index (χ2n) is 7.96. The molecular formula is C23H21F5N4O2. The summed E-state index contributed by atoms with van der Waals surface area (Å²) in [6.07, 6.45) is 1.17. The summed E-state index contributed by atoms with van der Waals surface area (Å²) >= 11 is 0. The van der Waals surface area contributed by atoms with Crippen LogP contribution in [0.3, 0.4) is 0 Å². The van der Waals surface area contributed by atoms with Crippen molar-refractivity contribution in [3.8, 4) is 17.0 Å². The number of carbonyl (C=O) groups excluding carboxylic acids is 1. The van der Waals surface area contributed by atoms with Gasteiger partial charge in [-0.3, -0.25) is 9.48 Å². The van der Waals surface area contributed by atoms with Gasteiger partial charge in [0.25, 0.3) is 18.3 Å². The van der Waals surface area contributed by atoms with Gasteiger partial charge < -0.3 is 9.64 Å². The molecule has 34 heavy (non-hydrogen) atoms. The molecule has 0 atom stereocenters. The van der Waals surface area contributed by atoms with Gasteiger partial charge in [0.15, 0.2) is 6.61 Å². The Labute approximate surface area is 192 Å². The number of pyridine rings is 1. The van der Waals surface area contributed by atoms with Gasteiger partial charge in [0.2, 0.25) is 5.88 Å².